The smallest absolute Gasteiger partial charge is 0.328 e. The summed E-state index contributed by atoms with van der Waals surface area (Å²) >= 11 is 0. The van der Waals surface area contributed by atoms with Gasteiger partial charge in [-0.1, -0.05) is 42.5 Å². The number of carbonyl (C=O) groups is 2. The Kier molecular flexibility index (Phi) is 4.90. The molecule has 5 heteroatoms. The first-order valence-electron chi connectivity index (χ1n) is 6.59. The van der Waals surface area contributed by atoms with Crippen molar-refractivity contribution >= 4 is 22.6 Å². The molecule has 2 N–H and O–H groups in total. The summed E-state index contributed by atoms with van der Waals surface area (Å²) in [5, 5.41) is 13.4. The highest BCUT2D eigenvalue weighted by atomic mass is 16.5. The van der Waals surface area contributed by atoms with E-state index in [2.05, 4.69) is 10.1 Å². The molecule has 1 amide bonds. The number of nitrogens with one attached hydrogen (secondary N) is 1. The van der Waals surface area contributed by atoms with E-state index in [1.54, 1.807) is 0 Å². The molecule has 2 aromatic carbocycles. The largest absolute Gasteiger partial charge is 0.467 e. The van der Waals surface area contributed by atoms with Gasteiger partial charge in [0.1, 0.15) is 12.6 Å². The number of aliphatic hydroxyl groups excluding tert-OH is 1. The highest BCUT2D eigenvalue weighted by Gasteiger charge is 2.21. The van der Waals surface area contributed by atoms with Gasteiger partial charge in [0, 0.05) is 6.42 Å². The Morgan fingerprint density at radius 3 is 2.57 bits per heavy atom. The van der Waals surface area contributed by atoms with Gasteiger partial charge in [-0.3, -0.25) is 4.79 Å². The molecule has 1 atom stereocenters. The van der Waals surface area contributed by atoms with Crippen molar-refractivity contribution in [1.82, 2.24) is 5.32 Å². The van der Waals surface area contributed by atoms with Crippen LogP contribution in [0.3, 0.4) is 0 Å². The number of ether oxygens (including phenoxy) is 1. The molecular weight excluding hydrogens is 270 g/mol. The molecule has 5 nitrogen and oxygen atoms in total. The van der Waals surface area contributed by atoms with E-state index in [1.165, 1.54) is 7.11 Å². The van der Waals surface area contributed by atoms with Gasteiger partial charge < -0.3 is 15.2 Å². The second kappa shape index (κ2) is 6.85. The Bertz CT molecular complexity index is 654. The fraction of sp³-hybridized carbons (Fsp3) is 0.250. The van der Waals surface area contributed by atoms with E-state index in [1.807, 2.05) is 42.5 Å². The Morgan fingerprint density at radius 1 is 1.19 bits per heavy atom. The fourth-order valence-electron chi connectivity index (χ4n) is 2.18. The van der Waals surface area contributed by atoms with Gasteiger partial charge in [0.25, 0.3) is 0 Å². The summed E-state index contributed by atoms with van der Waals surface area (Å²) in [6, 6.07) is 12.9. The van der Waals surface area contributed by atoms with E-state index in [9.17, 15) is 9.59 Å². The first kappa shape index (κ1) is 15.0. The van der Waals surface area contributed by atoms with Crippen LogP contribution in [-0.2, 0) is 20.7 Å². The number of methoxy groups -OCH3 is 1. The second-order valence-corrected chi connectivity index (χ2v) is 4.69. The third-order valence-corrected chi connectivity index (χ3v) is 3.22. The van der Waals surface area contributed by atoms with Gasteiger partial charge in [-0.15, -0.1) is 0 Å². The molecule has 0 radical (unpaired) electrons. The van der Waals surface area contributed by atoms with Gasteiger partial charge in [-0.25, -0.2) is 4.79 Å². The van der Waals surface area contributed by atoms with E-state index in [0.29, 0.717) is 6.42 Å². The lowest BCUT2D eigenvalue weighted by molar-refractivity contribution is -0.145. The van der Waals surface area contributed by atoms with E-state index in [-0.39, 0.29) is 0 Å². The highest BCUT2D eigenvalue weighted by Crippen LogP contribution is 2.17. The molecule has 0 bridgehead atoms. The van der Waals surface area contributed by atoms with Gasteiger partial charge in [0.15, 0.2) is 0 Å². The van der Waals surface area contributed by atoms with Gasteiger partial charge in [0.05, 0.1) is 7.11 Å². The topological polar surface area (TPSA) is 75.6 Å². The van der Waals surface area contributed by atoms with Crippen molar-refractivity contribution in [3.63, 3.8) is 0 Å². The van der Waals surface area contributed by atoms with Crippen molar-refractivity contribution in [2.75, 3.05) is 13.7 Å². The molecule has 2 aromatic rings. The zero-order valence-corrected chi connectivity index (χ0v) is 11.7. The van der Waals surface area contributed by atoms with Crippen LogP contribution < -0.4 is 5.32 Å². The molecule has 0 saturated carbocycles. The van der Waals surface area contributed by atoms with Gasteiger partial charge in [-0.05, 0) is 16.3 Å². The van der Waals surface area contributed by atoms with E-state index in [0.717, 1.165) is 16.3 Å². The van der Waals surface area contributed by atoms with Crippen LogP contribution in [-0.4, -0.2) is 36.7 Å². The number of hydrogen-bond donors (Lipinski definition) is 2. The zero-order chi connectivity index (χ0) is 15.2. The maximum absolute atomic E-state index is 11.7. The number of carbonyl (C=O) groups excluding carboxylic acids is 2. The predicted molar refractivity (Wildman–Crippen MR) is 78.7 cm³/mol. The molecule has 0 aliphatic rings. The number of esters is 1. The van der Waals surface area contributed by atoms with Gasteiger partial charge in [0.2, 0.25) is 5.91 Å². The Balaban J connectivity index is 2.20. The third kappa shape index (κ3) is 3.79. The summed E-state index contributed by atoms with van der Waals surface area (Å²) in [4.78, 5) is 23.0. The number of fused-ring (bicyclic) bond motifs is 1. The maximum Gasteiger partial charge on any atom is 0.328 e. The van der Waals surface area contributed by atoms with Crippen LogP contribution in [0.2, 0.25) is 0 Å². The molecule has 0 aromatic heterocycles. The molecule has 0 aliphatic carbocycles. The number of hydrogen-bond acceptors (Lipinski definition) is 4. The van der Waals surface area contributed by atoms with Crippen LogP contribution in [0.25, 0.3) is 10.8 Å². The third-order valence-electron chi connectivity index (χ3n) is 3.22. The molecule has 0 aliphatic heterocycles. The van der Waals surface area contributed by atoms with E-state index >= 15 is 0 Å². The lowest BCUT2D eigenvalue weighted by Crippen LogP contribution is -2.44. The van der Waals surface area contributed by atoms with E-state index in [4.69, 9.17) is 5.11 Å². The molecular formula is C16H17NO4. The summed E-state index contributed by atoms with van der Waals surface area (Å²) in [5.41, 5.74) is 0.905. The van der Waals surface area contributed by atoms with Crippen LogP contribution in [0.5, 0.6) is 0 Å². The molecule has 0 unspecified atom stereocenters. The second-order valence-electron chi connectivity index (χ2n) is 4.69. The number of benzene rings is 2. The monoisotopic (exact) mass is 287 g/mol. The lowest BCUT2D eigenvalue weighted by Gasteiger charge is -2.16. The number of aliphatic hydroxyl groups is 1. The van der Waals surface area contributed by atoms with Crippen LogP contribution in [0, 0.1) is 0 Å². The average Bonchev–Trinajstić information content (AvgIpc) is 2.53. The highest BCUT2D eigenvalue weighted by molar-refractivity contribution is 5.86. The standard InChI is InChI=1S/C16H17NO4/c1-21-16(20)14(17-15(19)10-18)9-11-6-7-12-4-2-3-5-13(12)8-11/h2-8,14,18H,9-10H2,1H3,(H,17,19)/t14-/m0/s1. The maximum atomic E-state index is 11.7. The first-order chi connectivity index (χ1) is 10.1. The lowest BCUT2D eigenvalue weighted by atomic mass is 10.0. The Labute approximate surface area is 122 Å². The normalized spacial score (nSPS) is 11.9. The van der Waals surface area contributed by atoms with Crippen LogP contribution in [0.1, 0.15) is 5.56 Å². The van der Waals surface area contributed by atoms with Crippen molar-refractivity contribution in [1.29, 1.82) is 0 Å². The van der Waals surface area contributed by atoms with Crippen molar-refractivity contribution in [2.45, 2.75) is 12.5 Å². The number of amides is 1. The number of rotatable bonds is 5. The first-order valence-corrected chi connectivity index (χ1v) is 6.59. The Hall–Kier alpha value is -2.40. The van der Waals surface area contributed by atoms with Crippen LogP contribution >= 0.6 is 0 Å². The predicted octanol–water partition coefficient (Wildman–Crippen LogP) is 1.03. The molecule has 110 valence electrons. The summed E-state index contributed by atoms with van der Waals surface area (Å²) in [6.45, 7) is -0.661. The Morgan fingerprint density at radius 2 is 1.90 bits per heavy atom. The summed E-state index contributed by atoms with van der Waals surface area (Å²) in [7, 11) is 1.26. The van der Waals surface area contributed by atoms with Gasteiger partial charge in [-0.2, -0.15) is 0 Å². The summed E-state index contributed by atoms with van der Waals surface area (Å²) in [6.07, 6.45) is 0.309. The fourth-order valence-corrected chi connectivity index (χ4v) is 2.18. The van der Waals surface area contributed by atoms with Crippen molar-refractivity contribution in [2.24, 2.45) is 0 Å². The SMILES string of the molecule is COC(=O)[C@H](Cc1ccc2ccccc2c1)NC(=O)CO. The minimum atomic E-state index is -0.809. The van der Waals surface area contributed by atoms with Crippen molar-refractivity contribution in [3.05, 3.63) is 48.0 Å². The molecule has 2 rings (SSSR count). The van der Waals surface area contributed by atoms with Gasteiger partial charge >= 0.3 is 5.97 Å². The quantitative estimate of drug-likeness (QED) is 0.805. The van der Waals surface area contributed by atoms with Crippen molar-refractivity contribution in [3.8, 4) is 0 Å². The van der Waals surface area contributed by atoms with Crippen LogP contribution in [0.15, 0.2) is 42.5 Å². The molecule has 0 saturated heterocycles. The minimum absolute atomic E-state index is 0.309. The molecule has 21 heavy (non-hydrogen) atoms. The average molecular weight is 287 g/mol. The zero-order valence-electron chi connectivity index (χ0n) is 11.7. The minimum Gasteiger partial charge on any atom is -0.467 e. The van der Waals surface area contributed by atoms with E-state index < -0.39 is 24.5 Å². The van der Waals surface area contributed by atoms with Crippen LogP contribution in [0.4, 0.5) is 0 Å². The van der Waals surface area contributed by atoms with Crippen molar-refractivity contribution < 1.29 is 19.4 Å². The molecule has 0 heterocycles. The molecule has 0 fully saturated rings. The summed E-state index contributed by atoms with van der Waals surface area (Å²) < 4.78 is 4.68. The molecule has 0 spiro atoms. The summed E-state index contributed by atoms with van der Waals surface area (Å²) in [5.74, 6) is -1.14.